The summed E-state index contributed by atoms with van der Waals surface area (Å²) in [5, 5.41) is 2.94. The van der Waals surface area contributed by atoms with Crippen LogP contribution in [0.15, 0.2) is 65.1 Å². The Bertz CT molecular complexity index is 1120. The topological polar surface area (TPSA) is 69.7 Å². The minimum Gasteiger partial charge on any atom is -0.324 e. The summed E-state index contributed by atoms with van der Waals surface area (Å²) < 4.78 is 0. The van der Waals surface area contributed by atoms with E-state index in [2.05, 4.69) is 5.32 Å². The number of hydrogen-bond acceptors (Lipinski definition) is 4. The summed E-state index contributed by atoms with van der Waals surface area (Å²) in [6.07, 6.45) is 3.94. The Hall–Kier alpha value is -2.77. The monoisotopic (exact) mass is 467 g/mol. The maximum atomic E-state index is 13.5. The van der Waals surface area contributed by atoms with Crippen LogP contribution in [0.1, 0.15) is 25.7 Å². The highest BCUT2D eigenvalue weighted by Gasteiger charge is 2.53. The number of carbonyl (C=O) groups excluding carboxylic acids is 3. The number of fused-ring (bicyclic) bond motifs is 2. The van der Waals surface area contributed by atoms with Gasteiger partial charge in [0, 0.05) is 10.7 Å². The summed E-state index contributed by atoms with van der Waals surface area (Å²) in [7, 11) is 0. The molecule has 2 aromatic carbocycles. The number of thioether (sulfide) groups is 1. The maximum Gasteiger partial charge on any atom is 0.332 e. The standard InChI is InChI=1S/C24H22ClN3O3S/c25-15-7-6-8-16(13-15)26-20(29)14-27-23-21(18-11-4-5-12-19(18)32-23)22(30)28(24(27)31)17-9-2-1-3-10-17/h1-3,6-10,13,21,23H,4-5,11-12,14H2,(H,26,29). The molecule has 1 N–H and O–H groups in total. The zero-order chi connectivity index (χ0) is 22.2. The van der Waals surface area contributed by atoms with Crippen LogP contribution >= 0.6 is 23.4 Å². The van der Waals surface area contributed by atoms with Crippen molar-refractivity contribution in [3.05, 3.63) is 70.1 Å². The van der Waals surface area contributed by atoms with E-state index in [0.29, 0.717) is 16.4 Å². The predicted molar refractivity (Wildman–Crippen MR) is 126 cm³/mol. The second-order valence-corrected chi connectivity index (χ2v) is 9.77. The number of para-hydroxylation sites is 1. The lowest BCUT2D eigenvalue weighted by Crippen LogP contribution is -2.61. The van der Waals surface area contributed by atoms with Crippen molar-refractivity contribution in [3.8, 4) is 0 Å². The van der Waals surface area contributed by atoms with Gasteiger partial charge in [-0.3, -0.25) is 9.59 Å². The number of nitrogens with one attached hydrogen (secondary N) is 1. The van der Waals surface area contributed by atoms with E-state index in [1.807, 2.05) is 6.07 Å². The SMILES string of the molecule is O=C(CN1C(=O)N(c2ccccc2)C(=O)C2C3=C(CCCC3)SC21)Nc1cccc(Cl)c1. The lowest BCUT2D eigenvalue weighted by Gasteiger charge is -2.42. The van der Waals surface area contributed by atoms with Crippen molar-refractivity contribution < 1.29 is 14.4 Å². The van der Waals surface area contributed by atoms with Gasteiger partial charge >= 0.3 is 6.03 Å². The van der Waals surface area contributed by atoms with Crippen molar-refractivity contribution in [3.63, 3.8) is 0 Å². The molecule has 2 heterocycles. The highest BCUT2D eigenvalue weighted by Crippen LogP contribution is 2.52. The van der Waals surface area contributed by atoms with Gasteiger partial charge < -0.3 is 10.2 Å². The normalized spacial score (nSPS) is 22.7. The largest absolute Gasteiger partial charge is 0.332 e. The highest BCUT2D eigenvalue weighted by atomic mass is 35.5. The molecular formula is C24H22ClN3O3S. The fourth-order valence-electron chi connectivity index (χ4n) is 4.63. The Morgan fingerprint density at radius 3 is 2.62 bits per heavy atom. The fraction of sp³-hybridized carbons (Fsp3) is 0.292. The number of allylic oxidation sites excluding steroid dienone is 1. The summed E-state index contributed by atoms with van der Waals surface area (Å²) >= 11 is 7.60. The molecule has 0 aromatic heterocycles. The predicted octanol–water partition coefficient (Wildman–Crippen LogP) is 5.26. The number of carbonyl (C=O) groups is 3. The van der Waals surface area contributed by atoms with Crippen molar-refractivity contribution in [2.75, 3.05) is 16.8 Å². The molecular weight excluding hydrogens is 446 g/mol. The van der Waals surface area contributed by atoms with Crippen LogP contribution in [0.5, 0.6) is 0 Å². The Labute approximate surface area is 195 Å². The molecule has 2 aromatic rings. The number of benzene rings is 2. The summed E-state index contributed by atoms with van der Waals surface area (Å²) in [6.45, 7) is -0.142. The van der Waals surface area contributed by atoms with Gasteiger partial charge in [-0.05, 0) is 66.5 Å². The average molecular weight is 468 g/mol. The smallest absolute Gasteiger partial charge is 0.324 e. The number of amides is 4. The molecule has 0 radical (unpaired) electrons. The Morgan fingerprint density at radius 1 is 1.06 bits per heavy atom. The number of nitrogens with zero attached hydrogens (tertiary/aromatic N) is 2. The van der Waals surface area contributed by atoms with Crippen molar-refractivity contribution in [1.29, 1.82) is 0 Å². The Morgan fingerprint density at radius 2 is 1.84 bits per heavy atom. The fourth-order valence-corrected chi connectivity index (χ4v) is 6.46. The Balaban J connectivity index is 1.46. The molecule has 2 aliphatic heterocycles. The first-order valence-electron chi connectivity index (χ1n) is 10.7. The number of anilines is 2. The quantitative estimate of drug-likeness (QED) is 0.665. The third-order valence-electron chi connectivity index (χ3n) is 6.05. The molecule has 8 heteroatoms. The lowest BCUT2D eigenvalue weighted by atomic mass is 9.86. The number of urea groups is 1. The van der Waals surface area contributed by atoms with E-state index in [1.165, 1.54) is 9.81 Å². The maximum absolute atomic E-state index is 13.5. The molecule has 1 aliphatic carbocycles. The minimum atomic E-state index is -0.462. The molecule has 3 aliphatic rings. The zero-order valence-corrected chi connectivity index (χ0v) is 18.9. The van der Waals surface area contributed by atoms with E-state index in [-0.39, 0.29) is 23.7 Å². The van der Waals surface area contributed by atoms with E-state index in [0.717, 1.165) is 31.3 Å². The highest BCUT2D eigenvalue weighted by molar-refractivity contribution is 8.04. The average Bonchev–Trinajstić information content (AvgIpc) is 3.17. The van der Waals surface area contributed by atoms with Gasteiger partial charge in [-0.1, -0.05) is 35.9 Å². The van der Waals surface area contributed by atoms with Crippen LogP contribution in [0, 0.1) is 5.92 Å². The summed E-state index contributed by atoms with van der Waals surface area (Å²) in [5.74, 6) is -0.934. The summed E-state index contributed by atoms with van der Waals surface area (Å²) in [4.78, 5) is 44.0. The molecule has 2 unspecified atom stereocenters. The third-order valence-corrected chi connectivity index (χ3v) is 7.80. The van der Waals surface area contributed by atoms with Gasteiger partial charge in [-0.2, -0.15) is 0 Å². The number of imide groups is 1. The van der Waals surface area contributed by atoms with Crippen LogP contribution in [0.25, 0.3) is 0 Å². The molecule has 0 spiro atoms. The van der Waals surface area contributed by atoms with Gasteiger partial charge in [0.1, 0.15) is 6.54 Å². The van der Waals surface area contributed by atoms with Gasteiger partial charge in [-0.15, -0.1) is 11.8 Å². The van der Waals surface area contributed by atoms with E-state index < -0.39 is 11.9 Å². The van der Waals surface area contributed by atoms with Crippen LogP contribution in [-0.4, -0.2) is 34.7 Å². The zero-order valence-electron chi connectivity index (χ0n) is 17.3. The van der Waals surface area contributed by atoms with E-state index in [4.69, 9.17) is 11.6 Å². The number of hydrogen-bond donors (Lipinski definition) is 1. The molecule has 4 amide bonds. The van der Waals surface area contributed by atoms with Gasteiger partial charge in [0.05, 0.1) is 17.0 Å². The Kier molecular flexibility index (Phi) is 5.69. The van der Waals surface area contributed by atoms with E-state index in [9.17, 15) is 14.4 Å². The van der Waals surface area contributed by atoms with Gasteiger partial charge in [0.2, 0.25) is 11.8 Å². The first kappa shape index (κ1) is 21.1. The van der Waals surface area contributed by atoms with Crippen LogP contribution in [-0.2, 0) is 9.59 Å². The van der Waals surface area contributed by atoms with Crippen molar-refractivity contribution in [2.24, 2.45) is 5.92 Å². The van der Waals surface area contributed by atoms with Crippen LogP contribution in [0.3, 0.4) is 0 Å². The van der Waals surface area contributed by atoms with Gasteiger partial charge in [0.25, 0.3) is 0 Å². The van der Waals surface area contributed by atoms with Crippen molar-refractivity contribution in [2.45, 2.75) is 31.1 Å². The van der Waals surface area contributed by atoms with Crippen molar-refractivity contribution >= 4 is 52.6 Å². The molecule has 164 valence electrons. The van der Waals surface area contributed by atoms with Crippen LogP contribution < -0.4 is 10.2 Å². The van der Waals surface area contributed by atoms with Crippen LogP contribution in [0.4, 0.5) is 16.2 Å². The molecule has 2 atom stereocenters. The molecule has 0 bridgehead atoms. The summed E-state index contributed by atoms with van der Waals surface area (Å²) in [5.41, 5.74) is 2.23. The number of rotatable bonds is 4. The number of halogens is 1. The molecule has 1 saturated heterocycles. The second-order valence-electron chi connectivity index (χ2n) is 8.12. The van der Waals surface area contributed by atoms with Crippen molar-refractivity contribution in [1.82, 2.24) is 4.90 Å². The van der Waals surface area contributed by atoms with E-state index in [1.54, 1.807) is 65.2 Å². The molecule has 6 nitrogen and oxygen atoms in total. The second kappa shape index (κ2) is 8.64. The molecule has 5 rings (SSSR count). The minimum absolute atomic E-state index is 0.142. The molecule has 0 saturated carbocycles. The summed E-state index contributed by atoms with van der Waals surface area (Å²) in [6, 6.07) is 15.4. The van der Waals surface area contributed by atoms with Gasteiger partial charge in [0.15, 0.2) is 0 Å². The lowest BCUT2D eigenvalue weighted by molar-refractivity contribution is -0.124. The first-order valence-corrected chi connectivity index (χ1v) is 11.9. The molecule has 32 heavy (non-hydrogen) atoms. The first-order chi connectivity index (χ1) is 15.5. The third kappa shape index (κ3) is 3.80. The van der Waals surface area contributed by atoms with Gasteiger partial charge in [-0.25, -0.2) is 9.69 Å². The molecule has 1 fully saturated rings. The van der Waals surface area contributed by atoms with Crippen LogP contribution in [0.2, 0.25) is 5.02 Å². The van der Waals surface area contributed by atoms with E-state index >= 15 is 0 Å².